The number of nitrogens with one attached hydrogen (secondary N) is 1. The lowest BCUT2D eigenvalue weighted by Crippen LogP contribution is -2.22. The first-order chi connectivity index (χ1) is 10.4. The minimum absolute atomic E-state index is 0.0678. The van der Waals surface area contributed by atoms with E-state index in [-0.39, 0.29) is 29.5 Å². The Balaban J connectivity index is 0.00000127. The highest BCUT2D eigenvalue weighted by Crippen LogP contribution is 3.02. The summed E-state index contributed by atoms with van der Waals surface area (Å²) in [5, 5.41) is 2.49. The van der Waals surface area contributed by atoms with E-state index in [1.165, 1.54) is 0 Å². The number of carbonyl (C=O) groups excluding carboxylic acids is 1. The highest BCUT2D eigenvalue weighted by Gasteiger charge is 2.67. The number of hydrogen-bond acceptors (Lipinski definition) is 4. The Bertz CT molecular complexity index is 568. The van der Waals surface area contributed by atoms with E-state index in [1.54, 1.807) is 0 Å². The van der Waals surface area contributed by atoms with Crippen LogP contribution in [0.2, 0.25) is 0 Å². The van der Waals surface area contributed by atoms with Gasteiger partial charge in [-0.2, -0.15) is 12.6 Å². The first kappa shape index (κ1) is 20.0. The van der Waals surface area contributed by atoms with Crippen LogP contribution in [0.5, 0.6) is 0 Å². The van der Waals surface area contributed by atoms with Crippen LogP contribution in [0.15, 0.2) is 23.1 Å². The second-order valence-electron chi connectivity index (χ2n) is 4.86. The molecule has 2 rings (SSSR count). The molecule has 0 aliphatic carbocycles. The number of carbonyl (C=O) groups is 1. The first-order valence-electron chi connectivity index (χ1n) is 6.19. The van der Waals surface area contributed by atoms with Crippen LogP contribution in [0.4, 0.5) is 29.5 Å². The summed E-state index contributed by atoms with van der Waals surface area (Å²) < 4.78 is 81.7. The fraction of sp³-hybridized carbons (Fsp3) is 0.417. The number of anilines is 1. The van der Waals surface area contributed by atoms with Gasteiger partial charge in [0.1, 0.15) is 17.5 Å². The quantitative estimate of drug-likeness (QED) is 0.587. The fourth-order valence-corrected chi connectivity index (χ4v) is 3.02. The van der Waals surface area contributed by atoms with Crippen LogP contribution in [-0.4, -0.2) is 31.8 Å². The Morgan fingerprint density at radius 2 is 1.83 bits per heavy atom. The van der Waals surface area contributed by atoms with Gasteiger partial charge in [-0.05, 0) is 18.2 Å². The maximum atomic E-state index is 13.1. The van der Waals surface area contributed by atoms with Gasteiger partial charge < -0.3 is 14.8 Å². The van der Waals surface area contributed by atoms with E-state index in [9.17, 15) is 23.8 Å². The molecule has 134 valence electrons. The molecule has 0 saturated carbocycles. The van der Waals surface area contributed by atoms with E-state index in [0.717, 1.165) is 6.07 Å². The Morgan fingerprint density at radius 3 is 2.30 bits per heavy atom. The van der Waals surface area contributed by atoms with Crippen molar-refractivity contribution in [1.29, 1.82) is 0 Å². The molecule has 0 bridgehead atoms. The largest absolute Gasteiger partial charge is 0.385 e. The average Bonchev–Trinajstić information content (AvgIpc) is 2.83. The minimum atomic E-state index is -10.0. The molecule has 1 saturated heterocycles. The molecule has 1 aromatic carbocycles. The van der Waals surface area contributed by atoms with Crippen LogP contribution in [0.25, 0.3) is 0 Å². The Labute approximate surface area is 134 Å². The zero-order valence-electron chi connectivity index (χ0n) is 11.7. The smallest absolute Gasteiger partial charge is 0.313 e. The second kappa shape index (κ2) is 6.10. The molecule has 0 radical (unpaired) electrons. The molecule has 1 aromatic rings. The monoisotopic (exact) mass is 383 g/mol. The third-order valence-corrected chi connectivity index (χ3v) is 4.79. The summed E-state index contributed by atoms with van der Waals surface area (Å²) in [6.45, 7) is 2.98. The number of thiol groups is 1. The lowest BCUT2D eigenvalue weighted by atomic mass is 10.1. The molecule has 11 heteroatoms. The molecule has 0 amide bonds. The van der Waals surface area contributed by atoms with Crippen molar-refractivity contribution in [2.24, 2.45) is 5.92 Å². The molecule has 1 fully saturated rings. The summed E-state index contributed by atoms with van der Waals surface area (Å²) in [5.41, 5.74) is -0.230. The van der Waals surface area contributed by atoms with E-state index >= 15 is 0 Å². The van der Waals surface area contributed by atoms with Crippen LogP contribution in [0.1, 0.15) is 0 Å². The van der Waals surface area contributed by atoms with Crippen LogP contribution in [-0.2, 0) is 9.53 Å². The number of rotatable bonds is 4. The molecule has 0 spiro atoms. The maximum Gasteiger partial charge on any atom is 0.313 e. The van der Waals surface area contributed by atoms with E-state index in [2.05, 4.69) is 17.9 Å². The second-order valence-corrected chi connectivity index (χ2v) is 7.90. The normalized spacial score (nSPS) is 24.1. The number of halogens is 6. The lowest BCUT2D eigenvalue weighted by Gasteiger charge is -2.40. The minimum Gasteiger partial charge on any atom is -0.385 e. The van der Waals surface area contributed by atoms with Gasteiger partial charge in [-0.1, -0.05) is 19.4 Å². The highest BCUT2D eigenvalue weighted by atomic mass is 32.5. The van der Waals surface area contributed by atoms with Crippen LogP contribution < -0.4 is 5.32 Å². The van der Waals surface area contributed by atoms with Gasteiger partial charge in [0.25, 0.3) is 0 Å². The van der Waals surface area contributed by atoms with Crippen LogP contribution >= 0.6 is 22.9 Å². The van der Waals surface area contributed by atoms with Crippen molar-refractivity contribution in [1.82, 2.24) is 0 Å². The standard InChI is InChI=1S/C11H13F6NOS2.CH2O/c12-9-2-1-8(3-11(9)21(13,14,15,16)17)18-4-7-5-19-6-10(7)20;1-2/h1-3,7,10,18,20H,4-6H2;1H2. The third kappa shape index (κ3) is 5.50. The van der Waals surface area contributed by atoms with Crippen molar-refractivity contribution in [2.45, 2.75) is 10.1 Å². The third-order valence-electron chi connectivity index (χ3n) is 3.08. The topological polar surface area (TPSA) is 38.3 Å². The van der Waals surface area contributed by atoms with Gasteiger partial charge in [0.15, 0.2) is 0 Å². The molecule has 1 heterocycles. The van der Waals surface area contributed by atoms with E-state index in [0.29, 0.717) is 19.3 Å². The van der Waals surface area contributed by atoms with Crippen molar-refractivity contribution in [3.63, 3.8) is 0 Å². The van der Waals surface area contributed by atoms with Crippen LogP contribution in [0.3, 0.4) is 0 Å². The van der Waals surface area contributed by atoms with Gasteiger partial charge in [0, 0.05) is 23.4 Å². The molecule has 0 aromatic heterocycles. The summed E-state index contributed by atoms with van der Waals surface area (Å²) in [7, 11) is -10.0. The predicted octanol–water partition coefficient (Wildman–Crippen LogP) is 4.65. The lowest BCUT2D eigenvalue weighted by molar-refractivity contribution is -0.0980. The van der Waals surface area contributed by atoms with Gasteiger partial charge in [-0.3, -0.25) is 0 Å². The summed E-state index contributed by atoms with van der Waals surface area (Å²) in [6, 6.07) is 1.45. The zero-order chi connectivity index (χ0) is 18.0. The molecule has 2 unspecified atom stereocenters. The molecule has 3 nitrogen and oxygen atoms in total. The Kier molecular flexibility index (Phi) is 5.29. The van der Waals surface area contributed by atoms with E-state index in [4.69, 9.17) is 9.53 Å². The summed E-state index contributed by atoms with van der Waals surface area (Å²) in [6.07, 6.45) is 0. The number of hydrogen-bond donors (Lipinski definition) is 2. The molecule has 1 aliphatic rings. The van der Waals surface area contributed by atoms with Gasteiger partial charge in [-0.15, -0.1) is 0 Å². The summed E-state index contributed by atoms with van der Waals surface area (Å²) in [5.74, 6) is -2.06. The highest BCUT2D eigenvalue weighted by molar-refractivity contribution is 8.45. The van der Waals surface area contributed by atoms with Gasteiger partial charge >= 0.3 is 10.2 Å². The molecular formula is C12H15F6NO2S2. The van der Waals surface area contributed by atoms with Crippen molar-refractivity contribution in [2.75, 3.05) is 25.1 Å². The Hall–Kier alpha value is -1.07. The average molecular weight is 383 g/mol. The van der Waals surface area contributed by atoms with E-state index in [1.807, 2.05) is 6.79 Å². The van der Waals surface area contributed by atoms with Gasteiger partial charge in [0.05, 0.1) is 13.2 Å². The molecule has 2 atom stereocenters. The van der Waals surface area contributed by atoms with Gasteiger partial charge in [-0.25, -0.2) is 4.39 Å². The van der Waals surface area contributed by atoms with Gasteiger partial charge in [0.2, 0.25) is 0 Å². The zero-order valence-corrected chi connectivity index (χ0v) is 13.4. The summed E-state index contributed by atoms with van der Waals surface area (Å²) >= 11 is 4.22. The van der Waals surface area contributed by atoms with Crippen molar-refractivity contribution in [3.05, 3.63) is 24.0 Å². The van der Waals surface area contributed by atoms with Crippen molar-refractivity contribution >= 4 is 35.3 Å². The molecular weight excluding hydrogens is 368 g/mol. The Morgan fingerprint density at radius 1 is 1.22 bits per heavy atom. The SMILES string of the molecule is C=O.Fc1ccc(NCC2COCC2S)cc1S(F)(F)(F)(F)F. The van der Waals surface area contributed by atoms with Crippen LogP contribution in [0, 0.1) is 11.7 Å². The maximum absolute atomic E-state index is 13.1. The molecule has 1 N–H and O–H groups in total. The fourth-order valence-electron chi connectivity index (χ4n) is 1.94. The van der Waals surface area contributed by atoms with E-state index < -0.39 is 20.9 Å². The molecule has 23 heavy (non-hydrogen) atoms. The number of benzene rings is 1. The van der Waals surface area contributed by atoms with Crippen molar-refractivity contribution < 1.29 is 33.4 Å². The number of ether oxygens (including phenoxy) is 1. The molecule has 1 aliphatic heterocycles. The first-order valence-corrected chi connectivity index (χ1v) is 8.66. The predicted molar refractivity (Wildman–Crippen MR) is 80.5 cm³/mol. The van der Waals surface area contributed by atoms with Crippen molar-refractivity contribution in [3.8, 4) is 0 Å². The summed E-state index contributed by atoms with van der Waals surface area (Å²) in [4.78, 5) is 5.49.